The molecule has 2 heteroatoms. The molecular weight excluding hydrogens is 210 g/mol. The Kier molecular flexibility index (Phi) is 4.14. The number of benzene rings is 1. The van der Waals surface area contributed by atoms with Gasteiger partial charge in [0.25, 0.3) is 0 Å². The molecule has 0 aliphatic carbocycles. The molecule has 0 aliphatic rings. The van der Waals surface area contributed by atoms with Crippen molar-refractivity contribution in [1.29, 1.82) is 0 Å². The Bertz CT molecular complexity index is 427. The van der Waals surface area contributed by atoms with E-state index in [9.17, 15) is 0 Å². The second kappa shape index (κ2) is 6.04. The fraction of sp³-hybridized carbons (Fsp3) is 0.267. The summed E-state index contributed by atoms with van der Waals surface area (Å²) in [5.41, 5.74) is 1.34. The minimum absolute atomic E-state index is 0.448. The van der Waals surface area contributed by atoms with Crippen LogP contribution in [0.25, 0.3) is 0 Å². The predicted molar refractivity (Wildman–Crippen MR) is 69.2 cm³/mol. The predicted octanol–water partition coefficient (Wildman–Crippen LogP) is 3.65. The Morgan fingerprint density at radius 3 is 2.41 bits per heavy atom. The molecule has 17 heavy (non-hydrogen) atoms. The van der Waals surface area contributed by atoms with Gasteiger partial charge in [0, 0.05) is 18.3 Å². The van der Waals surface area contributed by atoms with Crippen molar-refractivity contribution < 1.29 is 4.74 Å². The summed E-state index contributed by atoms with van der Waals surface area (Å²) in [7, 11) is 0. The first-order chi connectivity index (χ1) is 8.40. The molecule has 0 radical (unpaired) electrons. The van der Waals surface area contributed by atoms with Crippen LogP contribution in [0.2, 0.25) is 0 Å². The molecule has 1 atom stereocenters. The van der Waals surface area contributed by atoms with E-state index in [0.29, 0.717) is 12.5 Å². The summed E-state index contributed by atoms with van der Waals surface area (Å²) in [6.07, 6.45) is 4.58. The minimum Gasteiger partial charge on any atom is -0.493 e. The van der Waals surface area contributed by atoms with Crippen molar-refractivity contribution in [2.75, 3.05) is 6.61 Å². The van der Waals surface area contributed by atoms with Gasteiger partial charge in [0.2, 0.25) is 0 Å². The fourth-order valence-corrected chi connectivity index (χ4v) is 1.81. The van der Waals surface area contributed by atoms with Crippen LogP contribution in [-0.2, 0) is 0 Å². The molecule has 1 heterocycles. The van der Waals surface area contributed by atoms with Gasteiger partial charge in [-0.1, -0.05) is 37.3 Å². The lowest BCUT2D eigenvalue weighted by molar-refractivity contribution is 0.284. The second-order valence-corrected chi connectivity index (χ2v) is 4.01. The average molecular weight is 227 g/mol. The highest BCUT2D eigenvalue weighted by molar-refractivity contribution is 5.21. The molecule has 0 bridgehead atoms. The fourth-order valence-electron chi connectivity index (χ4n) is 1.81. The summed E-state index contributed by atoms with van der Waals surface area (Å²) >= 11 is 0. The average Bonchev–Trinajstić information content (AvgIpc) is 2.42. The van der Waals surface area contributed by atoms with Gasteiger partial charge < -0.3 is 4.74 Å². The number of ether oxygens (including phenoxy) is 1. The van der Waals surface area contributed by atoms with Crippen LogP contribution in [0.15, 0.2) is 54.9 Å². The van der Waals surface area contributed by atoms with Crippen LogP contribution >= 0.6 is 0 Å². The van der Waals surface area contributed by atoms with E-state index < -0.39 is 0 Å². The van der Waals surface area contributed by atoms with Gasteiger partial charge in [-0.15, -0.1) is 0 Å². The van der Waals surface area contributed by atoms with Crippen LogP contribution < -0.4 is 4.74 Å². The van der Waals surface area contributed by atoms with E-state index in [4.69, 9.17) is 4.74 Å². The first-order valence-corrected chi connectivity index (χ1v) is 5.98. The zero-order chi connectivity index (χ0) is 11.9. The van der Waals surface area contributed by atoms with E-state index in [0.717, 1.165) is 12.2 Å². The first-order valence-electron chi connectivity index (χ1n) is 5.98. The van der Waals surface area contributed by atoms with E-state index >= 15 is 0 Å². The van der Waals surface area contributed by atoms with Crippen molar-refractivity contribution in [3.8, 4) is 5.75 Å². The maximum absolute atomic E-state index is 5.77. The number of pyridine rings is 1. The van der Waals surface area contributed by atoms with Gasteiger partial charge in [-0.3, -0.25) is 4.98 Å². The largest absolute Gasteiger partial charge is 0.493 e. The molecule has 0 aliphatic heterocycles. The van der Waals surface area contributed by atoms with Crippen molar-refractivity contribution >= 4 is 0 Å². The van der Waals surface area contributed by atoms with Crippen LogP contribution in [0.3, 0.4) is 0 Å². The Hall–Kier alpha value is -1.83. The molecule has 2 aromatic rings. The van der Waals surface area contributed by atoms with Crippen LogP contribution in [0.1, 0.15) is 24.8 Å². The summed E-state index contributed by atoms with van der Waals surface area (Å²) in [6.45, 7) is 2.90. The van der Waals surface area contributed by atoms with Crippen molar-refractivity contribution in [1.82, 2.24) is 4.98 Å². The molecule has 0 amide bonds. The molecule has 0 saturated carbocycles. The summed E-state index contributed by atoms with van der Waals surface area (Å²) < 4.78 is 5.77. The summed E-state index contributed by atoms with van der Waals surface area (Å²) in [6, 6.07) is 14.3. The molecule has 0 saturated heterocycles. The lowest BCUT2D eigenvalue weighted by atomic mass is 9.98. The lowest BCUT2D eigenvalue weighted by Gasteiger charge is -2.16. The van der Waals surface area contributed by atoms with E-state index in [1.165, 1.54) is 5.56 Å². The Morgan fingerprint density at radius 1 is 1.06 bits per heavy atom. The Balaban J connectivity index is 1.97. The van der Waals surface area contributed by atoms with Crippen molar-refractivity contribution in [2.24, 2.45) is 0 Å². The van der Waals surface area contributed by atoms with Crippen LogP contribution in [0.5, 0.6) is 5.75 Å². The molecule has 1 unspecified atom stereocenters. The topological polar surface area (TPSA) is 22.1 Å². The SMILES string of the molecule is CCC(COc1ccncc1)c1ccccc1. The number of aromatic nitrogens is 1. The second-order valence-electron chi connectivity index (χ2n) is 4.01. The molecule has 2 rings (SSSR count). The Labute approximate surface area is 102 Å². The molecule has 0 N–H and O–H groups in total. The maximum atomic E-state index is 5.77. The van der Waals surface area contributed by atoms with Gasteiger partial charge in [-0.05, 0) is 24.1 Å². The van der Waals surface area contributed by atoms with Crippen LogP contribution in [0.4, 0.5) is 0 Å². The highest BCUT2D eigenvalue weighted by Gasteiger charge is 2.09. The van der Waals surface area contributed by atoms with Crippen molar-refractivity contribution in [2.45, 2.75) is 19.3 Å². The molecular formula is C15H17NO. The van der Waals surface area contributed by atoms with Crippen molar-refractivity contribution in [3.05, 3.63) is 60.4 Å². The maximum Gasteiger partial charge on any atom is 0.122 e. The van der Waals surface area contributed by atoms with E-state index in [1.807, 2.05) is 18.2 Å². The van der Waals surface area contributed by atoms with Gasteiger partial charge in [-0.2, -0.15) is 0 Å². The third-order valence-electron chi connectivity index (χ3n) is 2.86. The highest BCUT2D eigenvalue weighted by atomic mass is 16.5. The lowest BCUT2D eigenvalue weighted by Crippen LogP contribution is -2.09. The molecule has 2 nitrogen and oxygen atoms in total. The molecule has 0 spiro atoms. The van der Waals surface area contributed by atoms with Gasteiger partial charge in [0.15, 0.2) is 0 Å². The van der Waals surface area contributed by atoms with Gasteiger partial charge in [-0.25, -0.2) is 0 Å². The van der Waals surface area contributed by atoms with E-state index in [2.05, 4.69) is 36.2 Å². The van der Waals surface area contributed by atoms with E-state index in [1.54, 1.807) is 12.4 Å². The molecule has 1 aromatic carbocycles. The molecule has 88 valence electrons. The third kappa shape index (κ3) is 3.31. The smallest absolute Gasteiger partial charge is 0.122 e. The normalized spacial score (nSPS) is 12.1. The van der Waals surface area contributed by atoms with Crippen LogP contribution in [-0.4, -0.2) is 11.6 Å². The summed E-state index contributed by atoms with van der Waals surface area (Å²) in [4.78, 5) is 3.97. The standard InChI is InChI=1S/C15H17NO/c1-2-13(14-6-4-3-5-7-14)12-17-15-8-10-16-11-9-15/h3-11,13H,2,12H2,1H3. The summed E-state index contributed by atoms with van der Waals surface area (Å²) in [5.74, 6) is 1.33. The monoisotopic (exact) mass is 227 g/mol. The van der Waals surface area contributed by atoms with Gasteiger partial charge in [0.1, 0.15) is 5.75 Å². The minimum atomic E-state index is 0.448. The Morgan fingerprint density at radius 2 is 1.76 bits per heavy atom. The quantitative estimate of drug-likeness (QED) is 0.777. The third-order valence-corrected chi connectivity index (χ3v) is 2.86. The zero-order valence-electron chi connectivity index (χ0n) is 10.0. The number of hydrogen-bond donors (Lipinski definition) is 0. The van der Waals surface area contributed by atoms with Crippen molar-refractivity contribution in [3.63, 3.8) is 0 Å². The van der Waals surface area contributed by atoms with E-state index in [-0.39, 0.29) is 0 Å². The highest BCUT2D eigenvalue weighted by Crippen LogP contribution is 2.20. The van der Waals surface area contributed by atoms with Crippen LogP contribution in [0, 0.1) is 0 Å². The molecule has 1 aromatic heterocycles. The number of hydrogen-bond acceptors (Lipinski definition) is 2. The number of nitrogens with zero attached hydrogens (tertiary/aromatic N) is 1. The van der Waals surface area contributed by atoms with Gasteiger partial charge in [0.05, 0.1) is 6.61 Å². The van der Waals surface area contributed by atoms with Gasteiger partial charge >= 0.3 is 0 Å². The summed E-state index contributed by atoms with van der Waals surface area (Å²) in [5, 5.41) is 0. The zero-order valence-corrected chi connectivity index (χ0v) is 10.0. The number of rotatable bonds is 5. The molecule has 0 fully saturated rings. The first kappa shape index (κ1) is 11.6.